The molecule has 0 atom stereocenters. The van der Waals surface area contributed by atoms with Crippen LogP contribution in [0.4, 0.5) is 25.4 Å². The van der Waals surface area contributed by atoms with Crippen molar-refractivity contribution in [1.82, 2.24) is 4.98 Å². The van der Waals surface area contributed by atoms with Crippen LogP contribution in [0.15, 0.2) is 16.6 Å². The molecule has 0 saturated heterocycles. The van der Waals surface area contributed by atoms with E-state index in [2.05, 4.69) is 31.5 Å². The summed E-state index contributed by atoms with van der Waals surface area (Å²) in [5, 5.41) is 5.78. The zero-order chi connectivity index (χ0) is 15.6. The van der Waals surface area contributed by atoms with Crippen molar-refractivity contribution in [3.63, 3.8) is 0 Å². The maximum atomic E-state index is 13.6. The number of nitrogens with one attached hydrogen (secondary N) is 2. The lowest BCUT2D eigenvalue weighted by Gasteiger charge is -2.06. The topological polar surface area (TPSA) is 80.0 Å². The van der Waals surface area contributed by atoms with Gasteiger partial charge >= 0.3 is 0 Å². The summed E-state index contributed by atoms with van der Waals surface area (Å²) in [6.45, 7) is 2.51. The Bertz CT molecular complexity index is 692. The highest BCUT2D eigenvalue weighted by molar-refractivity contribution is 9.10. The van der Waals surface area contributed by atoms with Gasteiger partial charge in [-0.3, -0.25) is 4.79 Å². The van der Waals surface area contributed by atoms with Gasteiger partial charge in [0.2, 0.25) is 0 Å². The molecule has 0 spiro atoms. The van der Waals surface area contributed by atoms with Crippen molar-refractivity contribution in [3.8, 4) is 0 Å². The smallest absolute Gasteiger partial charge is 0.269 e. The molecule has 1 aromatic carbocycles. The third-order valence-corrected chi connectivity index (χ3v) is 4.08. The number of aromatic nitrogens is 1. The van der Waals surface area contributed by atoms with Crippen LogP contribution in [0.5, 0.6) is 0 Å². The first-order valence-corrected chi connectivity index (χ1v) is 7.49. The molecular weight excluding hydrogens is 366 g/mol. The highest BCUT2D eigenvalue weighted by atomic mass is 79.9. The SMILES string of the molecule is CCNc1nc(N)c(C(=O)Nc2cc(Br)c(F)cc2F)s1. The maximum absolute atomic E-state index is 13.6. The van der Waals surface area contributed by atoms with Gasteiger partial charge in [0.05, 0.1) is 10.2 Å². The maximum Gasteiger partial charge on any atom is 0.269 e. The Hall–Kier alpha value is -1.74. The van der Waals surface area contributed by atoms with Gasteiger partial charge in [-0.25, -0.2) is 13.8 Å². The molecular formula is C12H11BrF2N4OS. The molecule has 2 rings (SSSR count). The summed E-state index contributed by atoms with van der Waals surface area (Å²) in [5.74, 6) is -2.18. The average Bonchev–Trinajstić information content (AvgIpc) is 2.77. The monoisotopic (exact) mass is 376 g/mol. The Kier molecular flexibility index (Phi) is 4.73. The molecule has 4 N–H and O–H groups in total. The fourth-order valence-electron chi connectivity index (χ4n) is 1.52. The molecule has 112 valence electrons. The second kappa shape index (κ2) is 6.35. The fourth-order valence-corrected chi connectivity index (χ4v) is 2.71. The Labute approximate surface area is 131 Å². The van der Waals surface area contributed by atoms with Gasteiger partial charge in [0.25, 0.3) is 5.91 Å². The summed E-state index contributed by atoms with van der Waals surface area (Å²) in [6, 6.07) is 1.82. The summed E-state index contributed by atoms with van der Waals surface area (Å²) in [7, 11) is 0. The molecule has 1 aromatic heterocycles. The number of halogens is 3. The van der Waals surface area contributed by atoms with E-state index in [9.17, 15) is 13.6 Å². The summed E-state index contributed by atoms with van der Waals surface area (Å²) >= 11 is 3.99. The van der Waals surface area contributed by atoms with E-state index < -0.39 is 17.5 Å². The number of hydrogen-bond acceptors (Lipinski definition) is 5. The molecule has 0 aliphatic carbocycles. The molecule has 21 heavy (non-hydrogen) atoms. The second-order valence-corrected chi connectivity index (χ2v) is 5.82. The predicted octanol–water partition coefficient (Wildman–Crippen LogP) is 3.45. The quantitative estimate of drug-likeness (QED) is 0.713. The van der Waals surface area contributed by atoms with Crippen LogP contribution in [0, 0.1) is 11.6 Å². The molecule has 0 aliphatic heterocycles. The first kappa shape index (κ1) is 15.6. The molecule has 0 fully saturated rings. The summed E-state index contributed by atoms with van der Waals surface area (Å²) in [4.78, 5) is 16.2. The Morgan fingerprint density at radius 2 is 2.14 bits per heavy atom. The fraction of sp³-hybridized carbons (Fsp3) is 0.167. The Morgan fingerprint density at radius 1 is 1.43 bits per heavy atom. The number of nitrogens with two attached hydrogens (primary N) is 1. The molecule has 0 radical (unpaired) electrons. The van der Waals surface area contributed by atoms with E-state index >= 15 is 0 Å². The van der Waals surface area contributed by atoms with Gasteiger partial charge in [0.1, 0.15) is 22.3 Å². The van der Waals surface area contributed by atoms with E-state index in [0.29, 0.717) is 17.7 Å². The van der Waals surface area contributed by atoms with Gasteiger partial charge in [-0.05, 0) is 28.9 Å². The van der Waals surface area contributed by atoms with Crippen LogP contribution in [-0.4, -0.2) is 17.4 Å². The van der Waals surface area contributed by atoms with Crippen LogP contribution in [0.1, 0.15) is 16.6 Å². The number of benzene rings is 1. The first-order valence-electron chi connectivity index (χ1n) is 5.88. The van der Waals surface area contributed by atoms with Crippen molar-refractivity contribution in [2.45, 2.75) is 6.92 Å². The number of hydrogen-bond donors (Lipinski definition) is 3. The third kappa shape index (κ3) is 3.48. The van der Waals surface area contributed by atoms with Gasteiger partial charge in [0, 0.05) is 12.6 Å². The third-order valence-electron chi connectivity index (χ3n) is 2.45. The van der Waals surface area contributed by atoms with E-state index in [4.69, 9.17) is 5.73 Å². The molecule has 2 aromatic rings. The molecule has 5 nitrogen and oxygen atoms in total. The van der Waals surface area contributed by atoms with Crippen molar-refractivity contribution < 1.29 is 13.6 Å². The van der Waals surface area contributed by atoms with E-state index in [1.54, 1.807) is 0 Å². The number of anilines is 3. The number of carbonyl (C=O) groups excluding carboxylic acids is 1. The standard InChI is InChI=1S/C12H11BrF2N4OS/c1-2-17-12-19-10(16)9(21-12)11(20)18-8-3-5(13)6(14)4-7(8)15/h3-4H,2,16H2,1H3,(H,17,19)(H,18,20). The van der Waals surface area contributed by atoms with Gasteiger partial charge in [-0.15, -0.1) is 0 Å². The normalized spacial score (nSPS) is 10.5. The van der Waals surface area contributed by atoms with Crippen LogP contribution in [0.3, 0.4) is 0 Å². The van der Waals surface area contributed by atoms with Gasteiger partial charge < -0.3 is 16.4 Å². The minimum atomic E-state index is -0.876. The van der Waals surface area contributed by atoms with Crippen molar-refractivity contribution in [2.75, 3.05) is 22.9 Å². The predicted molar refractivity (Wildman–Crippen MR) is 82.7 cm³/mol. The minimum Gasteiger partial charge on any atom is -0.382 e. The zero-order valence-electron chi connectivity index (χ0n) is 10.8. The average molecular weight is 377 g/mol. The molecule has 0 bridgehead atoms. The van der Waals surface area contributed by atoms with E-state index in [0.717, 1.165) is 17.4 Å². The van der Waals surface area contributed by atoms with E-state index in [-0.39, 0.29) is 20.9 Å². The van der Waals surface area contributed by atoms with Crippen LogP contribution in [-0.2, 0) is 0 Å². The lowest BCUT2D eigenvalue weighted by Crippen LogP contribution is -2.13. The lowest BCUT2D eigenvalue weighted by atomic mass is 10.3. The zero-order valence-corrected chi connectivity index (χ0v) is 13.2. The lowest BCUT2D eigenvalue weighted by molar-refractivity contribution is 0.103. The number of amides is 1. The molecule has 1 heterocycles. The number of rotatable bonds is 4. The van der Waals surface area contributed by atoms with Crippen LogP contribution < -0.4 is 16.4 Å². The molecule has 0 unspecified atom stereocenters. The minimum absolute atomic E-state index is 0.0461. The molecule has 0 aliphatic rings. The van der Waals surface area contributed by atoms with Crippen molar-refractivity contribution in [1.29, 1.82) is 0 Å². The summed E-state index contributed by atoms with van der Waals surface area (Å²) in [5.41, 5.74) is 5.51. The van der Waals surface area contributed by atoms with Crippen LogP contribution >= 0.6 is 27.3 Å². The molecule has 9 heteroatoms. The van der Waals surface area contributed by atoms with E-state index in [1.165, 1.54) is 0 Å². The summed E-state index contributed by atoms with van der Waals surface area (Å²) in [6.07, 6.45) is 0. The van der Waals surface area contributed by atoms with Gasteiger partial charge in [-0.2, -0.15) is 0 Å². The van der Waals surface area contributed by atoms with Gasteiger partial charge in [-0.1, -0.05) is 11.3 Å². The van der Waals surface area contributed by atoms with Crippen LogP contribution in [0.25, 0.3) is 0 Å². The number of carbonyl (C=O) groups is 1. The van der Waals surface area contributed by atoms with Crippen molar-refractivity contribution in [2.24, 2.45) is 0 Å². The number of nitrogens with zero attached hydrogens (tertiary/aromatic N) is 1. The second-order valence-electron chi connectivity index (χ2n) is 3.96. The molecule has 1 amide bonds. The van der Waals surface area contributed by atoms with Gasteiger partial charge in [0.15, 0.2) is 5.13 Å². The number of nitrogen functional groups attached to an aromatic ring is 1. The number of thiazole rings is 1. The first-order chi connectivity index (χ1) is 9.92. The highest BCUT2D eigenvalue weighted by Gasteiger charge is 2.18. The molecule has 0 saturated carbocycles. The highest BCUT2D eigenvalue weighted by Crippen LogP contribution is 2.28. The Balaban J connectivity index is 2.24. The van der Waals surface area contributed by atoms with Crippen molar-refractivity contribution >= 4 is 49.8 Å². The Morgan fingerprint density at radius 3 is 2.81 bits per heavy atom. The van der Waals surface area contributed by atoms with Crippen molar-refractivity contribution in [3.05, 3.63) is 33.1 Å². The largest absolute Gasteiger partial charge is 0.382 e. The van der Waals surface area contributed by atoms with Crippen LogP contribution in [0.2, 0.25) is 0 Å². The summed E-state index contributed by atoms with van der Waals surface area (Å²) < 4.78 is 26.8. The van der Waals surface area contributed by atoms with E-state index in [1.807, 2.05) is 6.92 Å².